The van der Waals surface area contributed by atoms with Crippen LogP contribution in [0.25, 0.3) is 0 Å². The van der Waals surface area contributed by atoms with E-state index >= 15 is 0 Å². The van der Waals surface area contributed by atoms with Crippen LogP contribution in [-0.2, 0) is 4.74 Å². The molecule has 0 radical (unpaired) electrons. The first-order valence-electron chi connectivity index (χ1n) is 5.57. The first-order valence-corrected chi connectivity index (χ1v) is 5.57. The average molecular weight is 196 g/mol. The van der Waals surface area contributed by atoms with Gasteiger partial charge in [-0.05, 0) is 24.7 Å². The van der Waals surface area contributed by atoms with Crippen LogP contribution in [-0.4, -0.2) is 32.3 Å². The Kier molecular flexibility index (Phi) is 3.56. The van der Waals surface area contributed by atoms with E-state index in [2.05, 4.69) is 17.5 Å². The molecular formula is C11H20N2O. The predicted molar refractivity (Wildman–Crippen MR) is 57.0 cm³/mol. The third-order valence-corrected chi connectivity index (χ3v) is 3.07. The molecule has 0 amide bonds. The molecule has 0 saturated carbocycles. The zero-order valence-electron chi connectivity index (χ0n) is 8.61. The van der Waals surface area contributed by atoms with E-state index in [4.69, 9.17) is 10.5 Å². The van der Waals surface area contributed by atoms with Crippen molar-refractivity contribution in [2.45, 2.75) is 18.9 Å². The standard InChI is InChI=1S/C11H20N2O/c12-11-2-1-9(5-11)6-13-7-10-3-4-14-8-10/h1-2,9-11,13H,3-8,12H2. The minimum atomic E-state index is 0.289. The smallest absolute Gasteiger partial charge is 0.0507 e. The van der Waals surface area contributed by atoms with Crippen molar-refractivity contribution in [3.05, 3.63) is 12.2 Å². The Bertz CT molecular complexity index is 199. The molecule has 2 rings (SSSR count). The van der Waals surface area contributed by atoms with Crippen LogP contribution >= 0.6 is 0 Å². The number of nitrogens with two attached hydrogens (primary N) is 1. The van der Waals surface area contributed by atoms with Gasteiger partial charge in [0, 0.05) is 25.7 Å². The van der Waals surface area contributed by atoms with Crippen molar-refractivity contribution in [3.8, 4) is 0 Å². The lowest BCUT2D eigenvalue weighted by Crippen LogP contribution is -2.28. The second-order valence-electron chi connectivity index (χ2n) is 4.43. The van der Waals surface area contributed by atoms with Gasteiger partial charge in [0.25, 0.3) is 0 Å². The summed E-state index contributed by atoms with van der Waals surface area (Å²) in [5.41, 5.74) is 5.78. The number of hydrogen-bond acceptors (Lipinski definition) is 3. The largest absolute Gasteiger partial charge is 0.381 e. The Labute approximate surface area is 85.7 Å². The van der Waals surface area contributed by atoms with E-state index < -0.39 is 0 Å². The first-order chi connectivity index (χ1) is 6.84. The molecule has 0 aromatic rings. The Morgan fingerprint density at radius 2 is 2.29 bits per heavy atom. The molecule has 1 aliphatic carbocycles. The highest BCUT2D eigenvalue weighted by Gasteiger charge is 2.17. The SMILES string of the molecule is NC1C=CC(CNCC2CCOC2)C1. The summed E-state index contributed by atoms with van der Waals surface area (Å²) >= 11 is 0. The molecule has 3 heteroatoms. The molecule has 0 aromatic carbocycles. The molecule has 3 N–H and O–H groups in total. The van der Waals surface area contributed by atoms with Crippen LogP contribution in [0.2, 0.25) is 0 Å². The van der Waals surface area contributed by atoms with Crippen molar-refractivity contribution in [2.75, 3.05) is 26.3 Å². The lowest BCUT2D eigenvalue weighted by Gasteiger charge is -2.13. The molecule has 1 heterocycles. The maximum absolute atomic E-state index is 5.78. The molecular weight excluding hydrogens is 176 g/mol. The van der Waals surface area contributed by atoms with Crippen LogP contribution in [0.1, 0.15) is 12.8 Å². The molecule has 2 aliphatic rings. The van der Waals surface area contributed by atoms with Gasteiger partial charge >= 0.3 is 0 Å². The Morgan fingerprint density at radius 3 is 2.93 bits per heavy atom. The Morgan fingerprint density at radius 1 is 1.36 bits per heavy atom. The van der Waals surface area contributed by atoms with Crippen LogP contribution in [0.15, 0.2) is 12.2 Å². The highest BCUT2D eigenvalue weighted by molar-refractivity contribution is 5.05. The van der Waals surface area contributed by atoms with Crippen LogP contribution < -0.4 is 11.1 Å². The fourth-order valence-corrected chi connectivity index (χ4v) is 2.18. The summed E-state index contributed by atoms with van der Waals surface area (Å²) in [6.07, 6.45) is 6.68. The van der Waals surface area contributed by atoms with E-state index in [-0.39, 0.29) is 6.04 Å². The summed E-state index contributed by atoms with van der Waals surface area (Å²) in [6.45, 7) is 4.05. The lowest BCUT2D eigenvalue weighted by atomic mass is 10.1. The second-order valence-corrected chi connectivity index (χ2v) is 4.43. The maximum Gasteiger partial charge on any atom is 0.0507 e. The zero-order valence-corrected chi connectivity index (χ0v) is 8.61. The van der Waals surface area contributed by atoms with Crippen molar-refractivity contribution < 1.29 is 4.74 Å². The van der Waals surface area contributed by atoms with Gasteiger partial charge < -0.3 is 15.8 Å². The molecule has 0 aromatic heterocycles. The quantitative estimate of drug-likeness (QED) is 0.644. The minimum absolute atomic E-state index is 0.289. The molecule has 3 nitrogen and oxygen atoms in total. The number of nitrogens with one attached hydrogen (secondary N) is 1. The second kappa shape index (κ2) is 4.91. The lowest BCUT2D eigenvalue weighted by molar-refractivity contribution is 0.185. The summed E-state index contributed by atoms with van der Waals surface area (Å²) in [4.78, 5) is 0. The average Bonchev–Trinajstić information content (AvgIpc) is 2.77. The number of hydrogen-bond donors (Lipinski definition) is 2. The fourth-order valence-electron chi connectivity index (χ4n) is 2.18. The zero-order chi connectivity index (χ0) is 9.80. The van der Waals surface area contributed by atoms with E-state index in [0.717, 1.165) is 38.6 Å². The highest BCUT2D eigenvalue weighted by atomic mass is 16.5. The van der Waals surface area contributed by atoms with Crippen molar-refractivity contribution in [3.63, 3.8) is 0 Å². The van der Waals surface area contributed by atoms with Gasteiger partial charge in [-0.15, -0.1) is 0 Å². The minimum Gasteiger partial charge on any atom is -0.381 e. The summed E-state index contributed by atoms with van der Waals surface area (Å²) in [5, 5.41) is 3.50. The molecule has 1 fully saturated rings. The van der Waals surface area contributed by atoms with Gasteiger partial charge in [0.1, 0.15) is 0 Å². The van der Waals surface area contributed by atoms with E-state index in [9.17, 15) is 0 Å². The summed E-state index contributed by atoms with van der Waals surface area (Å²) in [6, 6.07) is 0.289. The van der Waals surface area contributed by atoms with Crippen LogP contribution in [0.5, 0.6) is 0 Å². The molecule has 1 aliphatic heterocycles. The van der Waals surface area contributed by atoms with Gasteiger partial charge in [-0.3, -0.25) is 0 Å². The van der Waals surface area contributed by atoms with Crippen molar-refractivity contribution in [1.29, 1.82) is 0 Å². The molecule has 0 bridgehead atoms. The summed E-state index contributed by atoms with van der Waals surface area (Å²) in [7, 11) is 0. The van der Waals surface area contributed by atoms with Gasteiger partial charge in [0.15, 0.2) is 0 Å². The Balaban J connectivity index is 1.56. The maximum atomic E-state index is 5.78. The van der Waals surface area contributed by atoms with Crippen molar-refractivity contribution in [1.82, 2.24) is 5.32 Å². The molecule has 3 unspecified atom stereocenters. The first kappa shape index (κ1) is 10.1. The van der Waals surface area contributed by atoms with E-state index in [0.29, 0.717) is 5.92 Å². The van der Waals surface area contributed by atoms with Gasteiger partial charge in [-0.1, -0.05) is 12.2 Å². The highest BCUT2D eigenvalue weighted by Crippen LogP contribution is 2.16. The third-order valence-electron chi connectivity index (χ3n) is 3.07. The van der Waals surface area contributed by atoms with E-state index in [1.807, 2.05) is 0 Å². The van der Waals surface area contributed by atoms with Gasteiger partial charge in [-0.2, -0.15) is 0 Å². The van der Waals surface area contributed by atoms with E-state index in [1.54, 1.807) is 0 Å². The van der Waals surface area contributed by atoms with Gasteiger partial charge in [-0.25, -0.2) is 0 Å². The van der Waals surface area contributed by atoms with Crippen LogP contribution in [0.3, 0.4) is 0 Å². The molecule has 3 atom stereocenters. The van der Waals surface area contributed by atoms with Gasteiger partial charge in [0.2, 0.25) is 0 Å². The van der Waals surface area contributed by atoms with Crippen molar-refractivity contribution >= 4 is 0 Å². The summed E-state index contributed by atoms with van der Waals surface area (Å²) in [5.74, 6) is 1.38. The van der Waals surface area contributed by atoms with Crippen LogP contribution in [0.4, 0.5) is 0 Å². The normalized spacial score (nSPS) is 36.8. The van der Waals surface area contributed by atoms with E-state index in [1.165, 1.54) is 6.42 Å². The van der Waals surface area contributed by atoms with Crippen LogP contribution in [0, 0.1) is 11.8 Å². The molecule has 0 spiro atoms. The number of rotatable bonds is 4. The predicted octanol–water partition coefficient (Wildman–Crippen LogP) is 0.516. The summed E-state index contributed by atoms with van der Waals surface area (Å²) < 4.78 is 5.32. The van der Waals surface area contributed by atoms with Crippen molar-refractivity contribution in [2.24, 2.45) is 17.6 Å². The molecule has 14 heavy (non-hydrogen) atoms. The monoisotopic (exact) mass is 196 g/mol. The van der Waals surface area contributed by atoms with Gasteiger partial charge in [0.05, 0.1) is 6.61 Å². The Hall–Kier alpha value is -0.380. The third kappa shape index (κ3) is 2.80. The molecule has 1 saturated heterocycles. The molecule has 80 valence electrons. The topological polar surface area (TPSA) is 47.3 Å². The fraction of sp³-hybridized carbons (Fsp3) is 0.818. The number of ether oxygens (including phenoxy) is 1.